The number of rotatable bonds is 3. The molecule has 1 aromatic carbocycles. The van der Waals surface area contributed by atoms with Crippen molar-refractivity contribution in [1.82, 2.24) is 9.88 Å². The Hall–Kier alpha value is -3.30. The molecular weight excluding hydrogens is 375 g/mol. The van der Waals surface area contributed by atoms with Crippen LogP contribution in [0.4, 0.5) is 29.5 Å². The molecule has 0 unspecified atom stereocenters. The molecule has 1 fully saturated rings. The number of nitrogens with two attached hydrogens (primary N) is 1. The normalized spacial score (nSPS) is 14.7. The summed E-state index contributed by atoms with van der Waals surface area (Å²) in [5.41, 5.74) is 4.53. The Labute approximate surface area is 158 Å². The summed E-state index contributed by atoms with van der Waals surface area (Å²) in [6.07, 6.45) is -3.03. The molecule has 1 saturated heterocycles. The van der Waals surface area contributed by atoms with Gasteiger partial charge in [0.15, 0.2) is 0 Å². The van der Waals surface area contributed by atoms with Crippen LogP contribution in [0, 0.1) is 0 Å². The number of carbonyl (C=O) groups is 2. The standard InChI is InChI=1S/C18H18F3N5O2/c19-18(20,21)14-4-2-1-3-13(14)16(27)26-9-7-25(8-10-26)12-5-6-15(23-11-12)24-17(22)28/h1-6,11H,7-10H2,(H3,22,23,24,28). The van der Waals surface area contributed by atoms with Gasteiger partial charge in [0.1, 0.15) is 5.82 Å². The number of amides is 3. The van der Waals surface area contributed by atoms with Gasteiger partial charge in [-0.1, -0.05) is 12.1 Å². The van der Waals surface area contributed by atoms with Gasteiger partial charge < -0.3 is 15.5 Å². The fourth-order valence-electron chi connectivity index (χ4n) is 3.03. The van der Waals surface area contributed by atoms with Crippen molar-refractivity contribution in [3.8, 4) is 0 Å². The van der Waals surface area contributed by atoms with Crippen LogP contribution in [0.1, 0.15) is 15.9 Å². The quantitative estimate of drug-likeness (QED) is 0.839. The lowest BCUT2D eigenvalue weighted by atomic mass is 10.1. The van der Waals surface area contributed by atoms with E-state index in [9.17, 15) is 22.8 Å². The van der Waals surface area contributed by atoms with Crippen LogP contribution in [0.25, 0.3) is 0 Å². The molecule has 0 saturated carbocycles. The summed E-state index contributed by atoms with van der Waals surface area (Å²) in [4.78, 5) is 30.9. The maximum atomic E-state index is 13.2. The third-order valence-electron chi connectivity index (χ3n) is 4.39. The van der Waals surface area contributed by atoms with E-state index in [1.54, 1.807) is 18.3 Å². The minimum Gasteiger partial charge on any atom is -0.367 e. The lowest BCUT2D eigenvalue weighted by Gasteiger charge is -2.36. The zero-order valence-corrected chi connectivity index (χ0v) is 14.7. The van der Waals surface area contributed by atoms with Crippen molar-refractivity contribution in [2.75, 3.05) is 36.4 Å². The molecule has 148 valence electrons. The largest absolute Gasteiger partial charge is 0.417 e. The van der Waals surface area contributed by atoms with Crippen molar-refractivity contribution in [1.29, 1.82) is 0 Å². The maximum absolute atomic E-state index is 13.2. The van der Waals surface area contributed by atoms with Gasteiger partial charge in [-0.2, -0.15) is 13.2 Å². The smallest absolute Gasteiger partial charge is 0.367 e. The van der Waals surface area contributed by atoms with Gasteiger partial charge in [0.05, 0.1) is 23.0 Å². The third kappa shape index (κ3) is 4.33. The van der Waals surface area contributed by atoms with Gasteiger partial charge in [-0.05, 0) is 24.3 Å². The van der Waals surface area contributed by atoms with Gasteiger partial charge in [0.2, 0.25) is 0 Å². The van der Waals surface area contributed by atoms with E-state index in [2.05, 4.69) is 10.3 Å². The van der Waals surface area contributed by atoms with Crippen LogP contribution >= 0.6 is 0 Å². The van der Waals surface area contributed by atoms with Gasteiger partial charge in [0.25, 0.3) is 5.91 Å². The number of nitrogens with zero attached hydrogens (tertiary/aromatic N) is 3. The summed E-state index contributed by atoms with van der Waals surface area (Å²) in [7, 11) is 0. The van der Waals surface area contributed by atoms with Gasteiger partial charge in [-0.15, -0.1) is 0 Å². The molecule has 1 aliphatic heterocycles. The molecule has 0 aliphatic carbocycles. The first kappa shape index (κ1) is 19.5. The van der Waals surface area contributed by atoms with E-state index >= 15 is 0 Å². The Balaban J connectivity index is 1.66. The van der Waals surface area contributed by atoms with Crippen LogP contribution in [0.2, 0.25) is 0 Å². The number of primary amides is 1. The number of hydrogen-bond acceptors (Lipinski definition) is 4. The molecule has 2 heterocycles. The molecule has 3 rings (SSSR count). The van der Waals surface area contributed by atoms with Crippen LogP contribution in [-0.4, -0.2) is 48.0 Å². The average Bonchev–Trinajstić information content (AvgIpc) is 2.67. The van der Waals surface area contributed by atoms with Gasteiger partial charge in [-0.25, -0.2) is 9.78 Å². The lowest BCUT2D eigenvalue weighted by Crippen LogP contribution is -2.49. The number of anilines is 2. The number of piperazine rings is 1. The number of nitrogens with one attached hydrogen (secondary N) is 1. The summed E-state index contributed by atoms with van der Waals surface area (Å²) in [5.74, 6) is -0.319. The van der Waals surface area contributed by atoms with Crippen LogP contribution in [-0.2, 0) is 6.18 Å². The van der Waals surface area contributed by atoms with Crippen molar-refractivity contribution in [2.24, 2.45) is 5.73 Å². The van der Waals surface area contributed by atoms with Crippen molar-refractivity contribution < 1.29 is 22.8 Å². The molecule has 10 heteroatoms. The van der Waals surface area contributed by atoms with Crippen molar-refractivity contribution in [3.05, 3.63) is 53.7 Å². The van der Waals surface area contributed by atoms with E-state index < -0.39 is 23.7 Å². The van der Waals surface area contributed by atoms with Gasteiger partial charge in [0, 0.05) is 26.2 Å². The minimum atomic E-state index is -4.58. The highest BCUT2D eigenvalue weighted by molar-refractivity contribution is 5.96. The van der Waals surface area contributed by atoms with E-state index in [1.807, 2.05) is 4.90 Å². The average molecular weight is 393 g/mol. The second-order valence-electron chi connectivity index (χ2n) is 6.21. The Morgan fingerprint density at radius 3 is 2.29 bits per heavy atom. The van der Waals surface area contributed by atoms with Gasteiger partial charge >= 0.3 is 12.2 Å². The molecular formula is C18H18F3N5O2. The zero-order chi connectivity index (χ0) is 20.3. The van der Waals surface area contributed by atoms with Crippen LogP contribution in [0.15, 0.2) is 42.6 Å². The van der Waals surface area contributed by atoms with Crippen molar-refractivity contribution >= 4 is 23.4 Å². The lowest BCUT2D eigenvalue weighted by molar-refractivity contribution is -0.138. The second kappa shape index (κ2) is 7.75. The number of carbonyl (C=O) groups excluding carboxylic acids is 2. The third-order valence-corrected chi connectivity index (χ3v) is 4.39. The number of pyridine rings is 1. The molecule has 0 bridgehead atoms. The van der Waals surface area contributed by atoms with Crippen LogP contribution in [0.3, 0.4) is 0 Å². The van der Waals surface area contributed by atoms with E-state index in [0.717, 1.165) is 11.8 Å². The monoisotopic (exact) mass is 393 g/mol. The first-order valence-corrected chi connectivity index (χ1v) is 8.48. The number of halogens is 3. The Bertz CT molecular complexity index is 862. The number of benzene rings is 1. The van der Waals surface area contributed by atoms with E-state index in [-0.39, 0.29) is 18.7 Å². The molecule has 3 N–H and O–H groups in total. The number of alkyl halides is 3. The topological polar surface area (TPSA) is 91.6 Å². The Morgan fingerprint density at radius 1 is 1.04 bits per heavy atom. The molecule has 2 aromatic rings. The zero-order valence-electron chi connectivity index (χ0n) is 14.7. The highest BCUT2D eigenvalue weighted by Crippen LogP contribution is 2.32. The first-order valence-electron chi connectivity index (χ1n) is 8.48. The summed E-state index contributed by atoms with van der Waals surface area (Å²) in [5, 5.41) is 2.36. The minimum absolute atomic E-state index is 0.284. The number of aromatic nitrogens is 1. The molecule has 7 nitrogen and oxygen atoms in total. The predicted octanol–water partition coefficient (Wildman–Crippen LogP) is 2.55. The first-order chi connectivity index (χ1) is 13.3. The SMILES string of the molecule is NC(=O)Nc1ccc(N2CCN(C(=O)c3ccccc3C(F)(F)F)CC2)cn1. The maximum Gasteiger partial charge on any atom is 0.417 e. The summed E-state index contributed by atoms with van der Waals surface area (Å²) in [6.45, 7) is 1.47. The van der Waals surface area contributed by atoms with E-state index in [0.29, 0.717) is 18.9 Å². The number of urea groups is 1. The number of hydrogen-bond donors (Lipinski definition) is 2. The molecule has 0 spiro atoms. The fourth-order valence-corrected chi connectivity index (χ4v) is 3.03. The Kier molecular flexibility index (Phi) is 5.39. The molecule has 1 aromatic heterocycles. The second-order valence-corrected chi connectivity index (χ2v) is 6.21. The predicted molar refractivity (Wildman–Crippen MR) is 97.0 cm³/mol. The summed E-state index contributed by atoms with van der Waals surface area (Å²) < 4.78 is 39.5. The van der Waals surface area contributed by atoms with Crippen LogP contribution in [0.5, 0.6) is 0 Å². The molecule has 28 heavy (non-hydrogen) atoms. The fraction of sp³-hybridized carbons (Fsp3) is 0.278. The van der Waals surface area contributed by atoms with E-state index in [1.165, 1.54) is 23.1 Å². The summed E-state index contributed by atoms with van der Waals surface area (Å²) >= 11 is 0. The van der Waals surface area contributed by atoms with Crippen molar-refractivity contribution in [2.45, 2.75) is 6.18 Å². The molecule has 1 aliphatic rings. The highest BCUT2D eigenvalue weighted by Gasteiger charge is 2.36. The van der Waals surface area contributed by atoms with E-state index in [4.69, 9.17) is 5.73 Å². The molecule has 3 amide bonds. The molecule has 0 radical (unpaired) electrons. The highest BCUT2D eigenvalue weighted by atomic mass is 19.4. The van der Waals surface area contributed by atoms with Gasteiger partial charge in [-0.3, -0.25) is 10.1 Å². The van der Waals surface area contributed by atoms with Crippen molar-refractivity contribution in [3.63, 3.8) is 0 Å². The van der Waals surface area contributed by atoms with Crippen LogP contribution < -0.4 is 16.0 Å². The summed E-state index contributed by atoms with van der Waals surface area (Å²) in [6, 6.07) is 7.42. The molecule has 0 atom stereocenters. The Morgan fingerprint density at radius 2 is 1.71 bits per heavy atom.